The molecule has 1 aliphatic rings. The molecule has 6 heteroatoms. The van der Waals surface area contributed by atoms with Gasteiger partial charge in [-0.25, -0.2) is 0 Å². The van der Waals surface area contributed by atoms with E-state index in [-0.39, 0.29) is 25.6 Å². The van der Waals surface area contributed by atoms with Gasteiger partial charge in [0.2, 0.25) is 0 Å². The van der Waals surface area contributed by atoms with Crippen molar-refractivity contribution in [1.82, 2.24) is 5.32 Å². The molecule has 1 aliphatic heterocycles. The third kappa shape index (κ3) is 3.57. The summed E-state index contributed by atoms with van der Waals surface area (Å²) in [5.74, 6) is -0.898. The summed E-state index contributed by atoms with van der Waals surface area (Å²) in [6, 6.07) is 0. The van der Waals surface area contributed by atoms with Crippen molar-refractivity contribution in [2.24, 2.45) is 5.41 Å². The molecule has 1 N–H and O–H groups in total. The minimum Gasteiger partial charge on any atom is -0.465 e. The van der Waals surface area contributed by atoms with Gasteiger partial charge in [0.25, 0.3) is 0 Å². The Hall–Kier alpha value is -0.810. The Kier molecular flexibility index (Phi) is 7.15. The zero-order valence-corrected chi connectivity index (χ0v) is 11.1. The smallest absolute Gasteiger partial charge is 0.323 e. The van der Waals surface area contributed by atoms with Gasteiger partial charge in [-0.15, -0.1) is 12.4 Å². The first-order chi connectivity index (χ1) is 7.67. The van der Waals surface area contributed by atoms with Crippen LogP contribution in [0.5, 0.6) is 0 Å². The lowest BCUT2D eigenvalue weighted by Gasteiger charge is -2.32. The predicted molar refractivity (Wildman–Crippen MR) is 65.1 cm³/mol. The molecule has 0 saturated carbocycles. The summed E-state index contributed by atoms with van der Waals surface area (Å²) in [5, 5.41) is 3.12. The van der Waals surface area contributed by atoms with Crippen molar-refractivity contribution in [3.63, 3.8) is 0 Å². The summed E-state index contributed by atoms with van der Waals surface area (Å²) in [7, 11) is 0. The molecule has 100 valence electrons. The molecule has 1 heterocycles. The number of piperidine rings is 1. The molecular weight excluding hydrogens is 246 g/mol. The highest BCUT2D eigenvalue weighted by molar-refractivity contribution is 6.00. The SMILES string of the molecule is CCOC(=O)C1(C(=O)OCC)CCNCC1.Cl. The zero-order valence-electron chi connectivity index (χ0n) is 10.3. The lowest BCUT2D eigenvalue weighted by molar-refractivity contribution is -0.174. The second kappa shape index (κ2) is 7.50. The molecule has 0 aromatic rings. The van der Waals surface area contributed by atoms with E-state index >= 15 is 0 Å². The Morgan fingerprint density at radius 2 is 1.47 bits per heavy atom. The van der Waals surface area contributed by atoms with Crippen LogP contribution in [0.4, 0.5) is 0 Å². The summed E-state index contributed by atoms with van der Waals surface area (Å²) in [6.07, 6.45) is 0.898. The van der Waals surface area contributed by atoms with Gasteiger partial charge in [0.15, 0.2) is 5.41 Å². The lowest BCUT2D eigenvalue weighted by Crippen LogP contribution is -2.49. The quantitative estimate of drug-likeness (QED) is 0.605. The van der Waals surface area contributed by atoms with Crippen LogP contribution in [0.3, 0.4) is 0 Å². The number of hydrogen-bond donors (Lipinski definition) is 1. The number of rotatable bonds is 4. The molecule has 17 heavy (non-hydrogen) atoms. The molecule has 0 unspecified atom stereocenters. The number of esters is 2. The number of halogens is 1. The van der Waals surface area contributed by atoms with Crippen molar-refractivity contribution in [2.75, 3.05) is 26.3 Å². The van der Waals surface area contributed by atoms with Gasteiger partial charge in [-0.2, -0.15) is 0 Å². The molecule has 5 nitrogen and oxygen atoms in total. The Balaban J connectivity index is 0.00000256. The molecule has 0 aliphatic carbocycles. The Morgan fingerprint density at radius 3 is 1.82 bits per heavy atom. The molecule has 0 atom stereocenters. The molecule has 0 radical (unpaired) electrons. The van der Waals surface area contributed by atoms with Gasteiger partial charge in [-0.05, 0) is 39.8 Å². The minimum absolute atomic E-state index is 0. The Labute approximate surface area is 108 Å². The van der Waals surface area contributed by atoms with Crippen molar-refractivity contribution in [2.45, 2.75) is 26.7 Å². The van der Waals surface area contributed by atoms with Gasteiger partial charge in [0.1, 0.15) is 0 Å². The van der Waals surface area contributed by atoms with Crippen LogP contribution in [0.1, 0.15) is 26.7 Å². The average molecular weight is 266 g/mol. The van der Waals surface area contributed by atoms with E-state index in [4.69, 9.17) is 9.47 Å². The largest absolute Gasteiger partial charge is 0.465 e. The predicted octanol–water partition coefficient (Wildman–Crippen LogP) is 0.904. The molecule has 1 saturated heterocycles. The fourth-order valence-electron chi connectivity index (χ4n) is 1.88. The van der Waals surface area contributed by atoms with Crippen molar-refractivity contribution in [3.05, 3.63) is 0 Å². The second-order valence-corrected chi connectivity index (χ2v) is 3.77. The van der Waals surface area contributed by atoms with E-state index in [1.54, 1.807) is 13.8 Å². The van der Waals surface area contributed by atoms with Crippen molar-refractivity contribution < 1.29 is 19.1 Å². The summed E-state index contributed by atoms with van der Waals surface area (Å²) in [5.41, 5.74) is -1.09. The van der Waals surface area contributed by atoms with Gasteiger partial charge >= 0.3 is 11.9 Å². The molecular formula is C11H20ClNO4. The van der Waals surface area contributed by atoms with Crippen LogP contribution in [0, 0.1) is 5.41 Å². The van der Waals surface area contributed by atoms with Crippen LogP contribution in [0.15, 0.2) is 0 Å². The number of carbonyl (C=O) groups is 2. The van der Waals surface area contributed by atoms with E-state index in [1.165, 1.54) is 0 Å². The molecule has 1 rings (SSSR count). The zero-order chi connectivity index (χ0) is 12.0. The van der Waals surface area contributed by atoms with Crippen LogP contribution in [0.2, 0.25) is 0 Å². The van der Waals surface area contributed by atoms with E-state index in [9.17, 15) is 9.59 Å². The molecule has 1 fully saturated rings. The molecule has 0 aromatic heterocycles. The first-order valence-corrected chi connectivity index (χ1v) is 5.72. The van der Waals surface area contributed by atoms with Crippen LogP contribution in [-0.2, 0) is 19.1 Å². The number of nitrogens with one attached hydrogen (secondary N) is 1. The highest BCUT2D eigenvalue weighted by Gasteiger charge is 2.49. The fourth-order valence-corrected chi connectivity index (χ4v) is 1.88. The van der Waals surface area contributed by atoms with Crippen molar-refractivity contribution >= 4 is 24.3 Å². The summed E-state index contributed by atoms with van der Waals surface area (Å²) < 4.78 is 9.97. The van der Waals surface area contributed by atoms with Gasteiger partial charge in [0.05, 0.1) is 13.2 Å². The first kappa shape index (κ1) is 16.2. The summed E-state index contributed by atoms with van der Waals surface area (Å²) in [4.78, 5) is 23.8. The van der Waals surface area contributed by atoms with Crippen LogP contribution >= 0.6 is 12.4 Å². The van der Waals surface area contributed by atoms with E-state index in [0.29, 0.717) is 25.9 Å². The number of carbonyl (C=O) groups excluding carboxylic acids is 2. The maximum Gasteiger partial charge on any atom is 0.323 e. The van der Waals surface area contributed by atoms with Gasteiger partial charge in [0, 0.05) is 0 Å². The highest BCUT2D eigenvalue weighted by atomic mass is 35.5. The lowest BCUT2D eigenvalue weighted by atomic mass is 9.79. The molecule has 0 spiro atoms. The Bertz CT molecular complexity index is 244. The van der Waals surface area contributed by atoms with Gasteiger partial charge in [-0.1, -0.05) is 0 Å². The molecule has 0 bridgehead atoms. The highest BCUT2D eigenvalue weighted by Crippen LogP contribution is 2.32. The van der Waals surface area contributed by atoms with E-state index in [0.717, 1.165) is 0 Å². The average Bonchev–Trinajstić information content (AvgIpc) is 2.30. The van der Waals surface area contributed by atoms with E-state index in [2.05, 4.69) is 5.32 Å². The number of hydrogen-bond acceptors (Lipinski definition) is 5. The standard InChI is InChI=1S/C11H19NO4.ClH/c1-3-15-9(13)11(10(14)16-4-2)5-7-12-8-6-11;/h12H,3-8H2,1-2H3;1H. The molecule has 0 amide bonds. The van der Waals surface area contributed by atoms with Crippen LogP contribution in [0.25, 0.3) is 0 Å². The number of ether oxygens (including phenoxy) is 2. The normalized spacial score (nSPS) is 17.8. The van der Waals surface area contributed by atoms with E-state index < -0.39 is 17.4 Å². The topological polar surface area (TPSA) is 64.6 Å². The second-order valence-electron chi connectivity index (χ2n) is 3.77. The van der Waals surface area contributed by atoms with Crippen molar-refractivity contribution in [1.29, 1.82) is 0 Å². The monoisotopic (exact) mass is 265 g/mol. The first-order valence-electron chi connectivity index (χ1n) is 5.72. The van der Waals surface area contributed by atoms with E-state index in [1.807, 2.05) is 0 Å². The van der Waals surface area contributed by atoms with Gasteiger partial charge in [-0.3, -0.25) is 9.59 Å². The summed E-state index contributed by atoms with van der Waals surface area (Å²) >= 11 is 0. The van der Waals surface area contributed by atoms with Gasteiger partial charge < -0.3 is 14.8 Å². The third-order valence-corrected chi connectivity index (χ3v) is 2.79. The minimum atomic E-state index is -1.09. The van der Waals surface area contributed by atoms with Crippen LogP contribution in [-0.4, -0.2) is 38.2 Å². The third-order valence-electron chi connectivity index (χ3n) is 2.79. The molecule has 0 aromatic carbocycles. The fraction of sp³-hybridized carbons (Fsp3) is 0.818. The van der Waals surface area contributed by atoms with Crippen LogP contribution < -0.4 is 5.32 Å². The maximum absolute atomic E-state index is 11.9. The van der Waals surface area contributed by atoms with Crippen molar-refractivity contribution in [3.8, 4) is 0 Å². The maximum atomic E-state index is 11.9. The Morgan fingerprint density at radius 1 is 1.06 bits per heavy atom. The summed E-state index contributed by atoms with van der Waals surface area (Å²) in [6.45, 7) is 5.31.